The Hall–Kier alpha value is -3.73. The zero-order chi connectivity index (χ0) is 26.8. The zero-order valence-electron chi connectivity index (χ0n) is 22.0. The highest BCUT2D eigenvalue weighted by Gasteiger charge is 2.28. The second kappa shape index (κ2) is 11.2. The number of nitrogens with one attached hydrogen (secondary N) is 5. The molecule has 206 valence electrons. The number of halogens is 1. The highest BCUT2D eigenvalue weighted by Crippen LogP contribution is 2.31. The molecule has 0 aromatic carbocycles. The van der Waals surface area contributed by atoms with Crippen LogP contribution in [-0.4, -0.2) is 56.2 Å². The van der Waals surface area contributed by atoms with Gasteiger partial charge in [-0.3, -0.25) is 9.78 Å². The predicted octanol–water partition coefficient (Wildman–Crippen LogP) is 3.90. The van der Waals surface area contributed by atoms with Crippen molar-refractivity contribution in [3.8, 4) is 0 Å². The van der Waals surface area contributed by atoms with E-state index in [-0.39, 0.29) is 24.0 Å². The molecule has 1 amide bonds. The fourth-order valence-electron chi connectivity index (χ4n) is 5.47. The number of carbonyl (C=O) groups is 1. The molecule has 2 saturated carbocycles. The Morgan fingerprint density at radius 1 is 1.00 bits per heavy atom. The van der Waals surface area contributed by atoms with Gasteiger partial charge in [-0.15, -0.1) is 5.10 Å². The molecular weight excluding hydrogens is 497 g/mol. The summed E-state index contributed by atoms with van der Waals surface area (Å²) >= 11 is 0. The normalized spacial score (nSPS) is 23.3. The van der Waals surface area contributed by atoms with E-state index < -0.39 is 5.82 Å². The van der Waals surface area contributed by atoms with Gasteiger partial charge in [0.15, 0.2) is 11.5 Å². The minimum absolute atomic E-state index is 0.0495. The summed E-state index contributed by atoms with van der Waals surface area (Å²) in [4.78, 5) is 21.0. The van der Waals surface area contributed by atoms with Gasteiger partial charge in [-0.1, -0.05) is 13.0 Å². The Labute approximate surface area is 227 Å². The first-order valence-electron chi connectivity index (χ1n) is 14.0. The molecule has 39 heavy (non-hydrogen) atoms. The van der Waals surface area contributed by atoms with E-state index in [2.05, 4.69) is 43.1 Å². The maximum absolute atomic E-state index is 14.2. The average molecular weight is 534 g/mol. The Kier molecular flexibility index (Phi) is 7.32. The van der Waals surface area contributed by atoms with Crippen molar-refractivity contribution in [2.24, 2.45) is 0 Å². The number of imidazole rings is 1. The summed E-state index contributed by atoms with van der Waals surface area (Å²) in [7, 11) is 0. The first-order chi connectivity index (χ1) is 19.0. The van der Waals surface area contributed by atoms with Crippen LogP contribution >= 0.6 is 0 Å². The summed E-state index contributed by atoms with van der Waals surface area (Å²) in [5.74, 6) is 0.425. The third-order valence-electron chi connectivity index (χ3n) is 7.82. The lowest BCUT2D eigenvalue weighted by Crippen LogP contribution is -2.50. The molecule has 1 aliphatic heterocycles. The lowest BCUT2D eigenvalue weighted by molar-refractivity contribution is -0.124. The molecule has 2 aliphatic carbocycles. The van der Waals surface area contributed by atoms with Crippen LogP contribution in [-0.2, 0) is 4.79 Å². The summed E-state index contributed by atoms with van der Waals surface area (Å²) < 4.78 is 15.9. The van der Waals surface area contributed by atoms with Gasteiger partial charge in [0, 0.05) is 30.4 Å². The van der Waals surface area contributed by atoms with E-state index in [0.717, 1.165) is 82.0 Å². The lowest BCUT2D eigenvalue weighted by Gasteiger charge is -2.32. The molecular formula is C28H36FN9O. The molecule has 3 aromatic heterocycles. The standard InChI is InChI=1S/C28H36FN9O/c1-17(33-22-11-13-30-15-21(22)29)25-16-32-27-24(34-18-5-6-18)14-26(37-38(25)27)35-19-7-9-20(10-8-19)36-28(39)23-4-2-3-12-31-23/h11,13-16,18-20,23,31,34H,1-10,12H2,(H,30,33)(H,35,37)(H,36,39)/t19-,20-,23-/m1/s1. The van der Waals surface area contributed by atoms with Gasteiger partial charge in [-0.05, 0) is 64.0 Å². The van der Waals surface area contributed by atoms with E-state index in [1.54, 1.807) is 16.8 Å². The van der Waals surface area contributed by atoms with Crippen molar-refractivity contribution in [2.75, 3.05) is 22.5 Å². The molecule has 0 radical (unpaired) electrons. The minimum atomic E-state index is -0.458. The van der Waals surface area contributed by atoms with Gasteiger partial charge < -0.3 is 26.6 Å². The van der Waals surface area contributed by atoms with Crippen molar-refractivity contribution in [1.29, 1.82) is 0 Å². The number of fused-ring (bicyclic) bond motifs is 1. The van der Waals surface area contributed by atoms with E-state index in [1.165, 1.54) is 6.20 Å². The van der Waals surface area contributed by atoms with E-state index >= 15 is 0 Å². The molecule has 1 saturated heterocycles. The van der Waals surface area contributed by atoms with Crippen molar-refractivity contribution < 1.29 is 9.18 Å². The quantitative estimate of drug-likeness (QED) is 0.281. The van der Waals surface area contributed by atoms with Crippen LogP contribution in [0.1, 0.15) is 63.5 Å². The molecule has 3 aliphatic rings. The van der Waals surface area contributed by atoms with E-state index in [0.29, 0.717) is 28.8 Å². The predicted molar refractivity (Wildman–Crippen MR) is 150 cm³/mol. The van der Waals surface area contributed by atoms with Gasteiger partial charge in [0.2, 0.25) is 5.91 Å². The van der Waals surface area contributed by atoms with Crippen molar-refractivity contribution in [3.05, 3.63) is 48.8 Å². The van der Waals surface area contributed by atoms with Crippen LogP contribution in [0.25, 0.3) is 11.3 Å². The number of aromatic nitrogens is 4. The van der Waals surface area contributed by atoms with Crippen LogP contribution < -0.4 is 26.6 Å². The third-order valence-corrected chi connectivity index (χ3v) is 7.82. The van der Waals surface area contributed by atoms with E-state index in [1.807, 2.05) is 6.07 Å². The molecule has 11 heteroatoms. The second-order valence-corrected chi connectivity index (χ2v) is 10.9. The minimum Gasteiger partial charge on any atom is -0.379 e. The SMILES string of the molecule is C=C(Nc1ccncc1F)c1cnc2c(NC3CC3)cc(N[C@H]3CC[C@H](NC(=O)[C@H]4CCCCN4)CC3)nn12. The Bertz CT molecular complexity index is 1340. The summed E-state index contributed by atoms with van der Waals surface area (Å²) in [6.07, 6.45) is 13.6. The van der Waals surface area contributed by atoms with Crippen LogP contribution in [0.5, 0.6) is 0 Å². The Morgan fingerprint density at radius 2 is 1.77 bits per heavy atom. The van der Waals surface area contributed by atoms with Crippen molar-refractivity contribution >= 4 is 34.4 Å². The number of piperidine rings is 1. The number of carbonyl (C=O) groups excluding carboxylic acids is 1. The summed E-state index contributed by atoms with van der Waals surface area (Å²) in [6.45, 7) is 5.04. The van der Waals surface area contributed by atoms with Gasteiger partial charge in [0.05, 0.1) is 35.5 Å². The Morgan fingerprint density at radius 3 is 2.51 bits per heavy atom. The highest BCUT2D eigenvalue weighted by atomic mass is 19.1. The highest BCUT2D eigenvalue weighted by molar-refractivity contribution is 5.82. The molecule has 0 unspecified atom stereocenters. The molecule has 3 aromatic rings. The van der Waals surface area contributed by atoms with Crippen molar-refractivity contribution in [1.82, 2.24) is 30.2 Å². The molecule has 0 bridgehead atoms. The number of pyridine rings is 1. The number of nitrogens with zero attached hydrogens (tertiary/aromatic N) is 4. The first kappa shape index (κ1) is 25.5. The molecule has 6 rings (SSSR count). The smallest absolute Gasteiger partial charge is 0.237 e. The lowest BCUT2D eigenvalue weighted by atomic mass is 9.90. The molecule has 1 atom stereocenters. The van der Waals surface area contributed by atoms with Crippen LogP contribution in [0.4, 0.5) is 21.6 Å². The van der Waals surface area contributed by atoms with Gasteiger partial charge in [-0.25, -0.2) is 13.9 Å². The summed E-state index contributed by atoms with van der Waals surface area (Å²) in [5.41, 5.74) is 3.02. The number of anilines is 3. The monoisotopic (exact) mass is 533 g/mol. The molecule has 3 fully saturated rings. The molecule has 10 nitrogen and oxygen atoms in total. The summed E-state index contributed by atoms with van der Waals surface area (Å²) in [6, 6.07) is 4.44. The number of hydrogen-bond donors (Lipinski definition) is 5. The number of hydrogen-bond acceptors (Lipinski definition) is 8. The van der Waals surface area contributed by atoms with Crippen molar-refractivity contribution in [3.63, 3.8) is 0 Å². The number of amides is 1. The first-order valence-corrected chi connectivity index (χ1v) is 14.0. The average Bonchev–Trinajstić information content (AvgIpc) is 3.66. The Balaban J connectivity index is 1.14. The fourth-order valence-corrected chi connectivity index (χ4v) is 5.47. The van der Waals surface area contributed by atoms with Crippen LogP contribution in [0.15, 0.2) is 37.3 Å². The van der Waals surface area contributed by atoms with Crippen molar-refractivity contribution in [2.45, 2.75) is 82.0 Å². The number of rotatable bonds is 9. The van der Waals surface area contributed by atoms with E-state index in [9.17, 15) is 9.18 Å². The largest absolute Gasteiger partial charge is 0.379 e. The topological polar surface area (TPSA) is 120 Å². The molecule has 0 spiro atoms. The van der Waals surface area contributed by atoms with Gasteiger partial charge >= 0.3 is 0 Å². The fraction of sp³-hybridized carbons (Fsp3) is 0.500. The van der Waals surface area contributed by atoms with Gasteiger partial charge in [-0.2, -0.15) is 0 Å². The second-order valence-electron chi connectivity index (χ2n) is 10.9. The van der Waals surface area contributed by atoms with Gasteiger partial charge in [0.1, 0.15) is 11.5 Å². The van der Waals surface area contributed by atoms with Gasteiger partial charge in [0.25, 0.3) is 0 Å². The maximum Gasteiger partial charge on any atom is 0.237 e. The third kappa shape index (κ3) is 5.98. The maximum atomic E-state index is 14.2. The molecule has 5 N–H and O–H groups in total. The van der Waals surface area contributed by atoms with Crippen LogP contribution in [0.3, 0.4) is 0 Å². The van der Waals surface area contributed by atoms with Crippen LogP contribution in [0.2, 0.25) is 0 Å². The molecule has 4 heterocycles. The zero-order valence-corrected chi connectivity index (χ0v) is 22.0. The summed E-state index contributed by atoms with van der Waals surface area (Å²) in [5, 5.41) is 21.7. The van der Waals surface area contributed by atoms with Crippen LogP contribution in [0, 0.1) is 5.82 Å². The van der Waals surface area contributed by atoms with E-state index in [4.69, 9.17) is 5.10 Å².